The van der Waals surface area contributed by atoms with Crippen LogP contribution in [0.15, 0.2) is 30.3 Å². The fraction of sp³-hybridized carbons (Fsp3) is 0.143. The number of aldehydes is 1. The highest BCUT2D eigenvalue weighted by molar-refractivity contribution is 6.09. The van der Waals surface area contributed by atoms with Gasteiger partial charge in [-0.05, 0) is 11.5 Å². The van der Waals surface area contributed by atoms with Crippen LogP contribution in [0.5, 0.6) is 0 Å². The van der Waals surface area contributed by atoms with E-state index in [9.17, 15) is 14.4 Å². The Kier molecular flexibility index (Phi) is 2.90. The number of carbonyl (C=O) groups is 3. The molecule has 1 aliphatic heterocycles. The number of pyridine rings is 1. The van der Waals surface area contributed by atoms with E-state index in [-0.39, 0.29) is 24.6 Å². The van der Waals surface area contributed by atoms with E-state index in [0.717, 1.165) is 10.8 Å². The molecule has 2 aromatic rings. The summed E-state index contributed by atoms with van der Waals surface area (Å²) in [5.41, 5.74) is 0.253. The van der Waals surface area contributed by atoms with E-state index in [1.54, 1.807) is 6.07 Å². The van der Waals surface area contributed by atoms with Crippen LogP contribution in [0.25, 0.3) is 10.8 Å². The van der Waals surface area contributed by atoms with Crippen molar-refractivity contribution in [3.8, 4) is 0 Å². The maximum absolute atomic E-state index is 11.9. The molecule has 1 fully saturated rings. The van der Waals surface area contributed by atoms with Gasteiger partial charge in [0.05, 0.1) is 0 Å². The number of nitrogens with zero attached hydrogens (tertiary/aromatic N) is 2. The molecular weight excluding hydrogens is 258 g/mol. The Morgan fingerprint density at radius 3 is 2.80 bits per heavy atom. The zero-order chi connectivity index (χ0) is 14.1. The van der Waals surface area contributed by atoms with E-state index in [2.05, 4.69) is 10.3 Å². The number of nitrogens with one attached hydrogen (secondary N) is 1. The highest BCUT2D eigenvalue weighted by atomic mass is 16.2. The molecule has 3 amide bonds. The van der Waals surface area contributed by atoms with Gasteiger partial charge in [-0.2, -0.15) is 0 Å². The average molecular weight is 269 g/mol. The Balaban J connectivity index is 2.16. The summed E-state index contributed by atoms with van der Waals surface area (Å²) in [7, 11) is 0. The second kappa shape index (κ2) is 4.73. The minimum absolute atomic E-state index is 0.215. The van der Waals surface area contributed by atoms with Crippen molar-refractivity contribution in [1.82, 2.24) is 10.3 Å². The molecule has 3 rings (SSSR count). The highest BCUT2D eigenvalue weighted by Crippen LogP contribution is 2.26. The molecule has 1 saturated heterocycles. The number of anilines is 1. The summed E-state index contributed by atoms with van der Waals surface area (Å²) in [4.78, 5) is 39.7. The molecule has 0 saturated carbocycles. The number of aromatic nitrogens is 1. The van der Waals surface area contributed by atoms with Gasteiger partial charge in [0.1, 0.15) is 11.5 Å². The van der Waals surface area contributed by atoms with Gasteiger partial charge < -0.3 is 0 Å². The van der Waals surface area contributed by atoms with Gasteiger partial charge in [0.15, 0.2) is 6.29 Å². The summed E-state index contributed by atoms with van der Waals surface area (Å²) in [6, 6.07) is 8.51. The van der Waals surface area contributed by atoms with Crippen molar-refractivity contribution >= 4 is 34.8 Å². The molecule has 1 N–H and O–H groups in total. The third-order valence-electron chi connectivity index (χ3n) is 3.17. The minimum Gasteiger partial charge on any atom is -0.296 e. The molecule has 1 aromatic carbocycles. The second-order valence-electron chi connectivity index (χ2n) is 4.46. The van der Waals surface area contributed by atoms with Gasteiger partial charge >= 0.3 is 6.03 Å². The Morgan fingerprint density at radius 1 is 1.25 bits per heavy atom. The fourth-order valence-electron chi connectivity index (χ4n) is 2.23. The number of hydrogen-bond acceptors (Lipinski definition) is 4. The SMILES string of the molecule is O=Cc1cc2ccccc2c(N2CCC(=O)NC2=O)n1. The first kappa shape index (κ1) is 12.3. The van der Waals surface area contributed by atoms with Crippen LogP contribution < -0.4 is 10.2 Å². The summed E-state index contributed by atoms with van der Waals surface area (Å²) in [6.07, 6.45) is 0.857. The zero-order valence-electron chi connectivity index (χ0n) is 10.5. The van der Waals surface area contributed by atoms with Crippen LogP contribution >= 0.6 is 0 Å². The highest BCUT2D eigenvalue weighted by Gasteiger charge is 2.26. The molecule has 100 valence electrons. The van der Waals surface area contributed by atoms with Crippen LogP contribution in [0.3, 0.4) is 0 Å². The molecule has 6 nitrogen and oxygen atoms in total. The van der Waals surface area contributed by atoms with Crippen molar-refractivity contribution in [3.05, 3.63) is 36.0 Å². The van der Waals surface area contributed by atoms with Gasteiger partial charge in [-0.15, -0.1) is 0 Å². The van der Waals surface area contributed by atoms with E-state index in [0.29, 0.717) is 12.1 Å². The molecule has 0 aliphatic carbocycles. The van der Waals surface area contributed by atoms with E-state index < -0.39 is 6.03 Å². The standard InChI is InChI=1S/C14H11N3O3/c18-8-10-7-9-3-1-2-4-11(9)13(15-10)17-6-5-12(19)16-14(17)20/h1-4,7-8H,5-6H2,(H,16,19,20). The van der Waals surface area contributed by atoms with E-state index in [1.165, 1.54) is 4.90 Å². The van der Waals surface area contributed by atoms with Gasteiger partial charge in [-0.25, -0.2) is 9.78 Å². The summed E-state index contributed by atoms with van der Waals surface area (Å²) in [6.45, 7) is 0.254. The monoisotopic (exact) mass is 269 g/mol. The van der Waals surface area contributed by atoms with Crippen molar-refractivity contribution in [3.63, 3.8) is 0 Å². The summed E-state index contributed by atoms with van der Waals surface area (Å²) in [5, 5.41) is 3.84. The predicted octanol–water partition coefficient (Wildman–Crippen LogP) is 1.49. The average Bonchev–Trinajstić information content (AvgIpc) is 2.46. The maximum Gasteiger partial charge on any atom is 0.329 e. The molecule has 0 spiro atoms. The van der Waals surface area contributed by atoms with Crippen LogP contribution in [0, 0.1) is 0 Å². The molecule has 1 aromatic heterocycles. The first-order chi connectivity index (χ1) is 9.69. The molecule has 6 heteroatoms. The molecule has 1 aliphatic rings. The minimum atomic E-state index is -0.512. The Labute approximate surface area is 114 Å². The van der Waals surface area contributed by atoms with E-state index >= 15 is 0 Å². The fourth-order valence-corrected chi connectivity index (χ4v) is 2.23. The van der Waals surface area contributed by atoms with Crippen molar-refractivity contribution < 1.29 is 14.4 Å². The Bertz CT molecular complexity index is 727. The number of amides is 3. The quantitative estimate of drug-likeness (QED) is 0.838. The second-order valence-corrected chi connectivity index (χ2v) is 4.46. The van der Waals surface area contributed by atoms with Gasteiger partial charge in [0.2, 0.25) is 5.91 Å². The number of benzene rings is 1. The summed E-state index contributed by atoms with van der Waals surface area (Å²) in [5.74, 6) is 0.0947. The Hall–Kier alpha value is -2.76. The van der Waals surface area contributed by atoms with Crippen molar-refractivity contribution in [2.75, 3.05) is 11.4 Å². The van der Waals surface area contributed by atoms with Crippen molar-refractivity contribution in [2.24, 2.45) is 0 Å². The largest absolute Gasteiger partial charge is 0.329 e. The van der Waals surface area contributed by atoms with Crippen LogP contribution in [0.2, 0.25) is 0 Å². The van der Waals surface area contributed by atoms with E-state index in [4.69, 9.17) is 0 Å². The molecule has 0 bridgehead atoms. The first-order valence-corrected chi connectivity index (χ1v) is 6.15. The molecule has 0 unspecified atom stereocenters. The molecular formula is C14H11N3O3. The third-order valence-corrected chi connectivity index (χ3v) is 3.17. The smallest absolute Gasteiger partial charge is 0.296 e. The zero-order valence-corrected chi connectivity index (χ0v) is 10.5. The third kappa shape index (κ3) is 2.01. The predicted molar refractivity (Wildman–Crippen MR) is 72.6 cm³/mol. The number of urea groups is 1. The summed E-state index contributed by atoms with van der Waals surface area (Å²) >= 11 is 0. The van der Waals surface area contributed by atoms with Crippen LogP contribution in [0.4, 0.5) is 10.6 Å². The summed E-state index contributed by atoms with van der Waals surface area (Å²) < 4.78 is 0. The number of rotatable bonds is 2. The first-order valence-electron chi connectivity index (χ1n) is 6.15. The van der Waals surface area contributed by atoms with Crippen LogP contribution in [-0.4, -0.2) is 29.8 Å². The lowest BCUT2D eigenvalue weighted by Crippen LogP contribution is -2.50. The van der Waals surface area contributed by atoms with Crippen molar-refractivity contribution in [2.45, 2.75) is 6.42 Å². The Morgan fingerprint density at radius 2 is 2.05 bits per heavy atom. The normalized spacial score (nSPS) is 15.3. The van der Waals surface area contributed by atoms with Gasteiger partial charge in [0.25, 0.3) is 0 Å². The molecule has 2 heterocycles. The lowest BCUT2D eigenvalue weighted by Gasteiger charge is -2.26. The number of carbonyl (C=O) groups excluding carboxylic acids is 3. The maximum atomic E-state index is 11.9. The lowest BCUT2D eigenvalue weighted by molar-refractivity contribution is -0.120. The van der Waals surface area contributed by atoms with E-state index in [1.807, 2.05) is 24.3 Å². The number of fused-ring (bicyclic) bond motifs is 1. The number of imide groups is 1. The molecule has 20 heavy (non-hydrogen) atoms. The van der Waals surface area contributed by atoms with Crippen LogP contribution in [-0.2, 0) is 4.79 Å². The van der Waals surface area contributed by atoms with Crippen LogP contribution in [0.1, 0.15) is 16.9 Å². The van der Waals surface area contributed by atoms with Gasteiger partial charge in [0, 0.05) is 18.4 Å². The molecule has 0 atom stereocenters. The lowest BCUT2D eigenvalue weighted by atomic mass is 10.1. The topological polar surface area (TPSA) is 79.4 Å². The molecule has 0 radical (unpaired) electrons. The van der Waals surface area contributed by atoms with Gasteiger partial charge in [-0.3, -0.25) is 19.8 Å². The van der Waals surface area contributed by atoms with Gasteiger partial charge in [-0.1, -0.05) is 24.3 Å². The van der Waals surface area contributed by atoms with Crippen molar-refractivity contribution in [1.29, 1.82) is 0 Å². The number of hydrogen-bond donors (Lipinski definition) is 1.